The number of nitriles is 1. The summed E-state index contributed by atoms with van der Waals surface area (Å²) in [5.41, 5.74) is 1.92. The van der Waals surface area contributed by atoms with Gasteiger partial charge in [0.2, 0.25) is 0 Å². The molecule has 2 aromatic rings. The van der Waals surface area contributed by atoms with Crippen LogP contribution in [0.15, 0.2) is 47.3 Å². The molecule has 0 amide bonds. The maximum Gasteiger partial charge on any atom is 0.113 e. The van der Waals surface area contributed by atoms with Crippen molar-refractivity contribution in [2.24, 2.45) is 0 Å². The van der Waals surface area contributed by atoms with Crippen molar-refractivity contribution in [3.8, 4) is 6.07 Å². The van der Waals surface area contributed by atoms with Crippen LogP contribution in [0.1, 0.15) is 35.6 Å². The highest BCUT2D eigenvalue weighted by atomic mass is 16.3. The molecule has 1 aliphatic rings. The number of hydrogen-bond acceptors (Lipinski definition) is 3. The van der Waals surface area contributed by atoms with Crippen molar-refractivity contribution in [1.29, 1.82) is 5.26 Å². The van der Waals surface area contributed by atoms with E-state index < -0.39 is 11.5 Å². The first-order valence-electron chi connectivity index (χ1n) is 6.48. The summed E-state index contributed by atoms with van der Waals surface area (Å²) < 4.78 is 5.03. The minimum atomic E-state index is -0.862. The van der Waals surface area contributed by atoms with Gasteiger partial charge in [-0.3, -0.25) is 0 Å². The topological polar surface area (TPSA) is 57.2 Å². The first-order valence-corrected chi connectivity index (χ1v) is 6.48. The number of aliphatic hydroxyl groups is 1. The molecule has 1 aromatic carbocycles. The zero-order chi connectivity index (χ0) is 13.3. The van der Waals surface area contributed by atoms with E-state index in [0.29, 0.717) is 12.0 Å². The molecule has 0 aliphatic heterocycles. The first kappa shape index (κ1) is 12.0. The molecule has 3 rings (SSSR count). The molecule has 0 saturated heterocycles. The molecule has 0 bridgehead atoms. The molecular formula is C16H15NO2. The zero-order valence-corrected chi connectivity index (χ0v) is 10.5. The molecule has 3 nitrogen and oxygen atoms in total. The minimum Gasteiger partial charge on any atom is -0.472 e. The van der Waals surface area contributed by atoms with E-state index >= 15 is 0 Å². The molecule has 1 N–H and O–H groups in total. The molecule has 1 heterocycles. The molecular weight excluding hydrogens is 238 g/mol. The number of nitrogens with zero attached hydrogens (tertiary/aromatic N) is 1. The van der Waals surface area contributed by atoms with Crippen molar-refractivity contribution in [2.45, 2.75) is 30.8 Å². The summed E-state index contributed by atoms with van der Waals surface area (Å²) >= 11 is 0. The molecule has 2 unspecified atom stereocenters. The standard InChI is InChI=1S/C16H15NO2/c17-11-16(15(18)13-7-9-19-10-13)8-3-5-12-4-1-2-6-14(12)16/h1-2,4,6-7,9-10,15,18H,3,5,8H2. The summed E-state index contributed by atoms with van der Waals surface area (Å²) in [5.74, 6) is 0. The second-order valence-corrected chi connectivity index (χ2v) is 5.05. The number of aryl methyl sites for hydroxylation is 1. The van der Waals surface area contributed by atoms with Crippen molar-refractivity contribution < 1.29 is 9.52 Å². The lowest BCUT2D eigenvalue weighted by Gasteiger charge is -2.36. The van der Waals surface area contributed by atoms with E-state index in [1.165, 1.54) is 12.5 Å². The third-order valence-corrected chi connectivity index (χ3v) is 4.04. The monoisotopic (exact) mass is 253 g/mol. The van der Waals surface area contributed by atoms with Gasteiger partial charge >= 0.3 is 0 Å². The smallest absolute Gasteiger partial charge is 0.113 e. The maximum atomic E-state index is 10.6. The van der Waals surface area contributed by atoms with Crippen LogP contribution in [0.4, 0.5) is 0 Å². The third kappa shape index (κ3) is 1.76. The SMILES string of the molecule is N#CC1(C(O)c2ccoc2)CCCc2ccccc21. The molecule has 1 aliphatic carbocycles. The number of hydrogen-bond donors (Lipinski definition) is 1. The Labute approximate surface area is 112 Å². The average Bonchev–Trinajstić information content (AvgIpc) is 3.00. The molecule has 0 saturated carbocycles. The highest BCUT2D eigenvalue weighted by molar-refractivity contribution is 5.44. The molecule has 1 aromatic heterocycles. The number of aliphatic hydroxyl groups excluding tert-OH is 1. The van der Waals surface area contributed by atoms with Gasteiger partial charge in [-0.1, -0.05) is 24.3 Å². The molecule has 3 heteroatoms. The summed E-state index contributed by atoms with van der Waals surface area (Å²) in [6, 6.07) is 12.0. The molecule has 2 atom stereocenters. The Hall–Kier alpha value is -2.05. The molecule has 0 radical (unpaired) electrons. The zero-order valence-electron chi connectivity index (χ0n) is 10.5. The van der Waals surface area contributed by atoms with Crippen LogP contribution >= 0.6 is 0 Å². The van der Waals surface area contributed by atoms with Gasteiger partial charge in [0.1, 0.15) is 11.5 Å². The molecule has 0 fully saturated rings. The van der Waals surface area contributed by atoms with Gasteiger partial charge in [-0.25, -0.2) is 0 Å². The quantitative estimate of drug-likeness (QED) is 0.894. The number of rotatable bonds is 2. The molecule has 19 heavy (non-hydrogen) atoms. The summed E-state index contributed by atoms with van der Waals surface area (Å²) in [6.07, 6.45) is 4.75. The van der Waals surface area contributed by atoms with Crippen LogP contribution in [0.5, 0.6) is 0 Å². The van der Waals surface area contributed by atoms with E-state index in [4.69, 9.17) is 4.42 Å². The van der Waals surface area contributed by atoms with Crippen LogP contribution < -0.4 is 0 Å². The highest BCUT2D eigenvalue weighted by Crippen LogP contribution is 2.45. The van der Waals surface area contributed by atoms with Crippen LogP contribution in [0, 0.1) is 11.3 Å². The van der Waals surface area contributed by atoms with E-state index in [1.807, 2.05) is 24.3 Å². The lowest BCUT2D eigenvalue weighted by Crippen LogP contribution is -2.35. The van der Waals surface area contributed by atoms with Crippen molar-refractivity contribution >= 4 is 0 Å². The van der Waals surface area contributed by atoms with Crippen LogP contribution in [0.3, 0.4) is 0 Å². The Morgan fingerprint density at radius 2 is 2.16 bits per heavy atom. The van der Waals surface area contributed by atoms with Gasteiger partial charge in [0.05, 0.1) is 18.6 Å². The third-order valence-electron chi connectivity index (χ3n) is 4.04. The average molecular weight is 253 g/mol. The van der Waals surface area contributed by atoms with E-state index in [2.05, 4.69) is 6.07 Å². The van der Waals surface area contributed by atoms with Gasteiger partial charge in [0.15, 0.2) is 0 Å². The van der Waals surface area contributed by atoms with Crippen molar-refractivity contribution in [3.63, 3.8) is 0 Å². The predicted molar refractivity (Wildman–Crippen MR) is 70.3 cm³/mol. The summed E-state index contributed by atoms with van der Waals surface area (Å²) in [7, 11) is 0. The van der Waals surface area contributed by atoms with Gasteiger partial charge < -0.3 is 9.52 Å². The summed E-state index contributed by atoms with van der Waals surface area (Å²) in [4.78, 5) is 0. The van der Waals surface area contributed by atoms with Gasteiger partial charge in [-0.15, -0.1) is 0 Å². The van der Waals surface area contributed by atoms with E-state index in [1.54, 1.807) is 6.07 Å². The minimum absolute atomic E-state index is 0.665. The van der Waals surface area contributed by atoms with Crippen LogP contribution in [-0.4, -0.2) is 5.11 Å². The number of furan rings is 1. The fraction of sp³-hybridized carbons (Fsp3) is 0.312. The Kier molecular flexibility index (Phi) is 2.88. The fourth-order valence-corrected chi connectivity index (χ4v) is 3.04. The van der Waals surface area contributed by atoms with Gasteiger partial charge in [0, 0.05) is 5.56 Å². The Morgan fingerprint density at radius 3 is 2.89 bits per heavy atom. The molecule has 96 valence electrons. The van der Waals surface area contributed by atoms with Crippen molar-refractivity contribution in [1.82, 2.24) is 0 Å². The Morgan fingerprint density at radius 1 is 1.32 bits per heavy atom. The van der Waals surface area contributed by atoms with Crippen molar-refractivity contribution in [2.75, 3.05) is 0 Å². The lowest BCUT2D eigenvalue weighted by atomic mass is 9.66. The van der Waals surface area contributed by atoms with Gasteiger partial charge in [-0.2, -0.15) is 5.26 Å². The summed E-state index contributed by atoms with van der Waals surface area (Å²) in [5, 5.41) is 20.4. The second-order valence-electron chi connectivity index (χ2n) is 5.05. The van der Waals surface area contributed by atoms with Gasteiger partial charge in [-0.05, 0) is 36.5 Å². The highest BCUT2D eigenvalue weighted by Gasteiger charge is 2.44. The largest absolute Gasteiger partial charge is 0.472 e. The van der Waals surface area contributed by atoms with E-state index in [-0.39, 0.29) is 0 Å². The van der Waals surface area contributed by atoms with Crippen LogP contribution in [-0.2, 0) is 11.8 Å². The summed E-state index contributed by atoms with van der Waals surface area (Å²) in [6.45, 7) is 0. The predicted octanol–water partition coefficient (Wildman–Crippen LogP) is 3.11. The normalized spacial score (nSPS) is 23.4. The first-order chi connectivity index (χ1) is 9.28. The second kappa shape index (κ2) is 4.56. The van der Waals surface area contributed by atoms with E-state index in [9.17, 15) is 10.4 Å². The van der Waals surface area contributed by atoms with Crippen molar-refractivity contribution in [3.05, 3.63) is 59.5 Å². The lowest BCUT2D eigenvalue weighted by molar-refractivity contribution is 0.0990. The Balaban J connectivity index is 2.13. The number of fused-ring (bicyclic) bond motifs is 1. The fourth-order valence-electron chi connectivity index (χ4n) is 3.04. The van der Waals surface area contributed by atoms with E-state index in [0.717, 1.165) is 24.0 Å². The number of benzene rings is 1. The van der Waals surface area contributed by atoms with Gasteiger partial charge in [0.25, 0.3) is 0 Å². The Bertz CT molecular complexity index is 612. The van der Waals surface area contributed by atoms with Crippen LogP contribution in [0.25, 0.3) is 0 Å². The maximum absolute atomic E-state index is 10.6. The van der Waals surface area contributed by atoms with Crippen LogP contribution in [0.2, 0.25) is 0 Å². The molecule has 0 spiro atoms.